The van der Waals surface area contributed by atoms with Crippen LogP contribution in [-0.4, -0.2) is 17.4 Å². The maximum atomic E-state index is 11.2. The van der Waals surface area contributed by atoms with Crippen LogP contribution in [0.1, 0.15) is 42.6 Å². The molecule has 0 amide bonds. The summed E-state index contributed by atoms with van der Waals surface area (Å²) < 4.78 is 0. The summed E-state index contributed by atoms with van der Waals surface area (Å²) in [7, 11) is 0. The highest BCUT2D eigenvalue weighted by Gasteiger charge is 2.14. The molecule has 3 nitrogen and oxygen atoms in total. The van der Waals surface area contributed by atoms with Crippen molar-refractivity contribution in [1.29, 1.82) is 0 Å². The maximum Gasteiger partial charge on any atom is 0.331 e. The summed E-state index contributed by atoms with van der Waals surface area (Å²) in [6, 6.07) is 7.08. The normalized spacial score (nSPS) is 11.9. The van der Waals surface area contributed by atoms with Crippen LogP contribution < -0.4 is 0 Å². The molecule has 0 aliphatic heterocycles. The van der Waals surface area contributed by atoms with Crippen molar-refractivity contribution < 1.29 is 14.7 Å². The molecule has 0 aliphatic carbocycles. The zero-order chi connectivity index (χ0) is 12.8. The Morgan fingerprint density at radius 3 is 2.35 bits per heavy atom. The molecule has 0 aromatic heterocycles. The average Bonchev–Trinajstić information content (AvgIpc) is 2.35. The number of carbonyl (C=O) groups is 2. The van der Waals surface area contributed by atoms with Crippen molar-refractivity contribution in [3.8, 4) is 0 Å². The van der Waals surface area contributed by atoms with Crippen LogP contribution >= 0.6 is 0 Å². The molecule has 1 rings (SSSR count). The number of rotatable bonds is 5. The van der Waals surface area contributed by atoms with Crippen molar-refractivity contribution in [1.82, 2.24) is 0 Å². The summed E-state index contributed by atoms with van der Waals surface area (Å²) in [6.07, 6.45) is 1.81. The number of carboxylic acid groups (broad SMARTS) is 1. The van der Waals surface area contributed by atoms with Gasteiger partial charge in [-0.3, -0.25) is 4.79 Å². The van der Waals surface area contributed by atoms with E-state index in [1.165, 1.54) is 0 Å². The van der Waals surface area contributed by atoms with E-state index < -0.39 is 5.97 Å². The van der Waals surface area contributed by atoms with Gasteiger partial charge in [0.25, 0.3) is 0 Å². The van der Waals surface area contributed by atoms with Gasteiger partial charge in [0.15, 0.2) is 6.29 Å². The van der Waals surface area contributed by atoms with Gasteiger partial charge in [0.2, 0.25) is 0 Å². The first kappa shape index (κ1) is 13.2. The van der Waals surface area contributed by atoms with Gasteiger partial charge in [-0.05, 0) is 24.0 Å². The van der Waals surface area contributed by atoms with Crippen molar-refractivity contribution >= 4 is 17.8 Å². The Hall–Kier alpha value is -1.90. The summed E-state index contributed by atoms with van der Waals surface area (Å²) in [5.74, 6) is -0.912. The van der Waals surface area contributed by atoms with Gasteiger partial charge < -0.3 is 5.11 Å². The Morgan fingerprint density at radius 1 is 1.24 bits per heavy atom. The fraction of sp³-hybridized carbons (Fsp3) is 0.286. The first-order valence-corrected chi connectivity index (χ1v) is 5.65. The van der Waals surface area contributed by atoms with Crippen LogP contribution in [0.2, 0.25) is 0 Å². The number of aliphatic carboxylic acids is 1. The zero-order valence-electron chi connectivity index (χ0n) is 10.1. The quantitative estimate of drug-likeness (QED) is 0.626. The summed E-state index contributed by atoms with van der Waals surface area (Å²) in [6.45, 7) is 3.71. The second-order valence-corrected chi connectivity index (χ2v) is 3.67. The van der Waals surface area contributed by atoms with E-state index >= 15 is 0 Å². The molecule has 90 valence electrons. The zero-order valence-corrected chi connectivity index (χ0v) is 10.1. The molecule has 0 radical (unpaired) electrons. The van der Waals surface area contributed by atoms with Crippen molar-refractivity contribution in [3.05, 3.63) is 41.0 Å². The van der Waals surface area contributed by atoms with Crippen LogP contribution in [0.3, 0.4) is 0 Å². The molecule has 1 aromatic carbocycles. The van der Waals surface area contributed by atoms with E-state index in [4.69, 9.17) is 5.11 Å². The minimum Gasteiger partial charge on any atom is -0.478 e. The van der Waals surface area contributed by atoms with E-state index in [1.54, 1.807) is 18.2 Å². The molecule has 0 bridgehead atoms. The number of hydrogen-bond acceptors (Lipinski definition) is 2. The lowest BCUT2D eigenvalue weighted by Crippen LogP contribution is -2.04. The smallest absolute Gasteiger partial charge is 0.331 e. The fourth-order valence-electron chi connectivity index (χ4n) is 1.93. The molecule has 0 heterocycles. The highest BCUT2D eigenvalue weighted by molar-refractivity contribution is 5.98. The molecule has 3 heteroatoms. The van der Waals surface area contributed by atoms with E-state index in [2.05, 4.69) is 0 Å². The number of aldehydes is 1. The molecule has 0 fully saturated rings. The molecular weight excluding hydrogens is 216 g/mol. The van der Waals surface area contributed by atoms with Crippen molar-refractivity contribution in [3.63, 3.8) is 0 Å². The van der Waals surface area contributed by atoms with Crippen LogP contribution in [0.4, 0.5) is 0 Å². The van der Waals surface area contributed by atoms with Gasteiger partial charge in [0.05, 0.1) is 0 Å². The predicted molar refractivity (Wildman–Crippen MR) is 67.0 cm³/mol. The molecule has 0 spiro atoms. The molecule has 1 aromatic rings. The Balaban J connectivity index is 3.45. The third-order valence-electron chi connectivity index (χ3n) is 2.74. The lowest BCUT2D eigenvalue weighted by atomic mass is 9.93. The Morgan fingerprint density at radius 2 is 1.88 bits per heavy atom. The third kappa shape index (κ3) is 2.81. The standard InChI is InChI=1S/C14H16O3/c1-3-11(12(4-2)14(16)17)13-8-6-5-7-10(13)9-15/h5-9H,3-4H2,1-2H3,(H,16,17)/b12-11+. The molecule has 1 N–H and O–H groups in total. The van der Waals surface area contributed by atoms with Gasteiger partial charge in [0, 0.05) is 11.1 Å². The largest absolute Gasteiger partial charge is 0.478 e. The summed E-state index contributed by atoms with van der Waals surface area (Å²) in [5, 5.41) is 9.15. The first-order valence-electron chi connectivity index (χ1n) is 5.65. The number of benzene rings is 1. The monoisotopic (exact) mass is 232 g/mol. The van der Waals surface area contributed by atoms with E-state index in [0.29, 0.717) is 24.0 Å². The molecule has 0 atom stereocenters. The second kappa shape index (κ2) is 5.99. The van der Waals surface area contributed by atoms with Crippen molar-refractivity contribution in [2.24, 2.45) is 0 Å². The lowest BCUT2D eigenvalue weighted by molar-refractivity contribution is -0.132. The predicted octanol–water partition coefficient (Wildman–Crippen LogP) is 3.16. The number of carboxylic acids is 1. The van der Waals surface area contributed by atoms with Gasteiger partial charge in [-0.2, -0.15) is 0 Å². The molecule has 17 heavy (non-hydrogen) atoms. The summed E-state index contributed by atoms with van der Waals surface area (Å²) >= 11 is 0. The Bertz CT molecular complexity index is 458. The molecule has 0 saturated carbocycles. The van der Waals surface area contributed by atoms with Crippen LogP contribution in [0.25, 0.3) is 5.57 Å². The minimum atomic E-state index is -0.912. The van der Waals surface area contributed by atoms with Gasteiger partial charge in [-0.15, -0.1) is 0 Å². The molecule has 0 aliphatic rings. The molecule has 0 saturated heterocycles. The van der Waals surface area contributed by atoms with E-state index in [9.17, 15) is 9.59 Å². The Kier molecular flexibility index (Phi) is 4.64. The van der Waals surface area contributed by atoms with Crippen LogP contribution in [-0.2, 0) is 4.79 Å². The van der Waals surface area contributed by atoms with Gasteiger partial charge in [-0.1, -0.05) is 38.1 Å². The van der Waals surface area contributed by atoms with Gasteiger partial charge in [0.1, 0.15) is 0 Å². The lowest BCUT2D eigenvalue weighted by Gasteiger charge is -2.11. The topological polar surface area (TPSA) is 54.4 Å². The number of carbonyl (C=O) groups excluding carboxylic acids is 1. The van der Waals surface area contributed by atoms with Gasteiger partial charge in [-0.25, -0.2) is 4.79 Å². The third-order valence-corrected chi connectivity index (χ3v) is 2.74. The van der Waals surface area contributed by atoms with E-state index in [1.807, 2.05) is 19.9 Å². The van der Waals surface area contributed by atoms with E-state index in [-0.39, 0.29) is 0 Å². The average molecular weight is 232 g/mol. The minimum absolute atomic E-state index is 0.377. The Labute approximate surface area is 101 Å². The van der Waals surface area contributed by atoms with Gasteiger partial charge >= 0.3 is 5.97 Å². The van der Waals surface area contributed by atoms with Crippen LogP contribution in [0, 0.1) is 0 Å². The van der Waals surface area contributed by atoms with E-state index in [0.717, 1.165) is 17.4 Å². The summed E-state index contributed by atoms with van der Waals surface area (Å²) in [5.41, 5.74) is 2.38. The van der Waals surface area contributed by atoms with Crippen LogP contribution in [0.15, 0.2) is 29.8 Å². The fourth-order valence-corrected chi connectivity index (χ4v) is 1.93. The SMILES string of the molecule is CC/C(C(=O)O)=C(/CC)c1ccccc1C=O. The maximum absolute atomic E-state index is 11.2. The highest BCUT2D eigenvalue weighted by Crippen LogP contribution is 2.26. The second-order valence-electron chi connectivity index (χ2n) is 3.67. The highest BCUT2D eigenvalue weighted by atomic mass is 16.4. The van der Waals surface area contributed by atoms with Crippen LogP contribution in [0.5, 0.6) is 0 Å². The molecule has 0 unspecified atom stereocenters. The number of allylic oxidation sites excluding steroid dienone is 1. The first-order chi connectivity index (χ1) is 8.15. The molecular formula is C14H16O3. The summed E-state index contributed by atoms with van der Waals surface area (Å²) in [4.78, 5) is 22.1. The van der Waals surface area contributed by atoms with Crippen molar-refractivity contribution in [2.75, 3.05) is 0 Å². The van der Waals surface area contributed by atoms with Crippen molar-refractivity contribution in [2.45, 2.75) is 26.7 Å². The number of hydrogen-bond donors (Lipinski definition) is 1.